The molecule has 0 bridgehead atoms. The first kappa shape index (κ1) is 15.9. The number of rotatable bonds is 4. The van der Waals surface area contributed by atoms with Gasteiger partial charge in [0, 0.05) is 31.0 Å². The number of carbonyl (C=O) groups excluding carboxylic acids is 1. The predicted octanol–water partition coefficient (Wildman–Crippen LogP) is 2.56. The van der Waals surface area contributed by atoms with Gasteiger partial charge in [0.25, 0.3) is 0 Å². The van der Waals surface area contributed by atoms with Crippen molar-refractivity contribution in [1.29, 1.82) is 0 Å². The van der Waals surface area contributed by atoms with Gasteiger partial charge >= 0.3 is 0 Å². The number of carbonyl (C=O) groups is 1. The van der Waals surface area contributed by atoms with E-state index < -0.39 is 0 Å². The number of nitrogens with one attached hydrogen (secondary N) is 1. The fourth-order valence-corrected chi connectivity index (χ4v) is 3.68. The van der Waals surface area contributed by atoms with Crippen LogP contribution in [0.15, 0.2) is 28.8 Å². The van der Waals surface area contributed by atoms with E-state index in [1.807, 2.05) is 32.0 Å². The molecular formula is C19H22N4O2. The molecule has 0 saturated heterocycles. The lowest BCUT2D eigenvalue weighted by Crippen LogP contribution is -2.36. The fourth-order valence-electron chi connectivity index (χ4n) is 3.68. The second kappa shape index (κ2) is 6.35. The number of hydrogen-bond donors (Lipinski definition) is 1. The van der Waals surface area contributed by atoms with Gasteiger partial charge in [0.15, 0.2) is 0 Å². The van der Waals surface area contributed by atoms with Crippen LogP contribution in [0.25, 0.3) is 11.0 Å². The highest BCUT2D eigenvalue weighted by Crippen LogP contribution is 2.25. The molecule has 1 aliphatic rings. The van der Waals surface area contributed by atoms with Crippen molar-refractivity contribution >= 4 is 16.9 Å². The van der Waals surface area contributed by atoms with Crippen LogP contribution in [-0.4, -0.2) is 27.2 Å². The summed E-state index contributed by atoms with van der Waals surface area (Å²) in [7, 11) is 0. The van der Waals surface area contributed by atoms with Gasteiger partial charge in [-0.15, -0.1) is 0 Å². The Balaban J connectivity index is 1.39. The van der Waals surface area contributed by atoms with E-state index in [1.54, 1.807) is 0 Å². The van der Waals surface area contributed by atoms with Crippen molar-refractivity contribution in [3.8, 4) is 0 Å². The minimum atomic E-state index is -0.00557. The Hall–Kier alpha value is -2.63. The Bertz CT molecular complexity index is 905. The molecule has 3 heterocycles. The molecule has 4 rings (SSSR count). The molecule has 6 heteroatoms. The SMILES string of the molecule is Cc1noc(C)c1CCNC(=O)C1CCn2c(nc3ccccc32)C1. The summed E-state index contributed by atoms with van der Waals surface area (Å²) >= 11 is 0. The van der Waals surface area contributed by atoms with Crippen LogP contribution in [0.3, 0.4) is 0 Å². The number of nitrogens with zero attached hydrogens (tertiary/aromatic N) is 3. The predicted molar refractivity (Wildman–Crippen MR) is 94.2 cm³/mol. The second-order valence-electron chi connectivity index (χ2n) is 6.70. The zero-order chi connectivity index (χ0) is 17.4. The smallest absolute Gasteiger partial charge is 0.223 e. The molecule has 1 aliphatic heterocycles. The van der Waals surface area contributed by atoms with Crippen molar-refractivity contribution in [3.63, 3.8) is 0 Å². The van der Waals surface area contributed by atoms with Crippen molar-refractivity contribution in [1.82, 2.24) is 20.0 Å². The van der Waals surface area contributed by atoms with Crippen LogP contribution in [0.5, 0.6) is 0 Å². The fraction of sp³-hybridized carbons (Fsp3) is 0.421. The molecule has 0 saturated carbocycles. The Morgan fingerprint density at radius 3 is 3.00 bits per heavy atom. The number of aromatic nitrogens is 3. The second-order valence-corrected chi connectivity index (χ2v) is 6.70. The molecule has 1 aromatic carbocycles. The van der Waals surface area contributed by atoms with Crippen molar-refractivity contribution < 1.29 is 9.32 Å². The third kappa shape index (κ3) is 2.92. The highest BCUT2D eigenvalue weighted by atomic mass is 16.5. The van der Waals surface area contributed by atoms with Crippen LogP contribution in [-0.2, 0) is 24.2 Å². The molecule has 0 fully saturated rings. The van der Waals surface area contributed by atoms with E-state index in [0.29, 0.717) is 13.0 Å². The molecule has 1 unspecified atom stereocenters. The molecular weight excluding hydrogens is 316 g/mol. The highest BCUT2D eigenvalue weighted by Gasteiger charge is 2.26. The van der Waals surface area contributed by atoms with Gasteiger partial charge in [-0.3, -0.25) is 4.79 Å². The van der Waals surface area contributed by atoms with Crippen LogP contribution in [0.2, 0.25) is 0 Å². The maximum Gasteiger partial charge on any atom is 0.223 e. The quantitative estimate of drug-likeness (QED) is 0.793. The molecule has 25 heavy (non-hydrogen) atoms. The number of para-hydroxylation sites is 2. The van der Waals surface area contributed by atoms with Crippen molar-refractivity contribution in [3.05, 3.63) is 47.1 Å². The minimum absolute atomic E-state index is 0.00557. The molecule has 1 atom stereocenters. The monoisotopic (exact) mass is 338 g/mol. The van der Waals surface area contributed by atoms with Gasteiger partial charge in [-0.1, -0.05) is 17.3 Å². The summed E-state index contributed by atoms with van der Waals surface area (Å²) in [6.45, 7) is 5.29. The van der Waals surface area contributed by atoms with Crippen molar-refractivity contribution in [2.75, 3.05) is 6.54 Å². The lowest BCUT2D eigenvalue weighted by atomic mass is 9.96. The van der Waals surface area contributed by atoms with Gasteiger partial charge in [0.1, 0.15) is 11.6 Å². The molecule has 3 aromatic rings. The summed E-state index contributed by atoms with van der Waals surface area (Å²) in [5.74, 6) is 1.95. The average Bonchev–Trinajstić information content (AvgIpc) is 3.15. The topological polar surface area (TPSA) is 73.0 Å². The Morgan fingerprint density at radius 2 is 2.20 bits per heavy atom. The third-order valence-electron chi connectivity index (χ3n) is 5.09. The van der Waals surface area contributed by atoms with Gasteiger partial charge in [-0.2, -0.15) is 0 Å². The molecule has 0 aliphatic carbocycles. The van der Waals surface area contributed by atoms with E-state index in [9.17, 15) is 4.79 Å². The van der Waals surface area contributed by atoms with E-state index in [1.165, 1.54) is 0 Å². The lowest BCUT2D eigenvalue weighted by molar-refractivity contribution is -0.125. The summed E-state index contributed by atoms with van der Waals surface area (Å²) in [4.78, 5) is 17.2. The Morgan fingerprint density at radius 1 is 1.36 bits per heavy atom. The number of amides is 1. The number of fused-ring (bicyclic) bond motifs is 3. The summed E-state index contributed by atoms with van der Waals surface area (Å²) in [6, 6.07) is 8.15. The van der Waals surface area contributed by atoms with E-state index in [0.717, 1.165) is 53.3 Å². The zero-order valence-corrected chi connectivity index (χ0v) is 14.6. The molecule has 1 amide bonds. The van der Waals surface area contributed by atoms with Crippen LogP contribution in [0, 0.1) is 19.8 Å². The maximum absolute atomic E-state index is 12.5. The highest BCUT2D eigenvalue weighted by molar-refractivity contribution is 5.80. The number of imidazole rings is 1. The summed E-state index contributed by atoms with van der Waals surface area (Å²) < 4.78 is 7.40. The van der Waals surface area contributed by atoms with E-state index in [-0.39, 0.29) is 11.8 Å². The van der Waals surface area contributed by atoms with Gasteiger partial charge in [-0.05, 0) is 38.8 Å². The van der Waals surface area contributed by atoms with E-state index in [4.69, 9.17) is 9.51 Å². The number of aryl methyl sites for hydroxylation is 3. The summed E-state index contributed by atoms with van der Waals surface area (Å²) in [5.41, 5.74) is 4.16. The van der Waals surface area contributed by atoms with E-state index >= 15 is 0 Å². The van der Waals surface area contributed by atoms with Crippen LogP contribution < -0.4 is 5.32 Å². The van der Waals surface area contributed by atoms with Crippen molar-refractivity contribution in [2.45, 2.75) is 39.7 Å². The normalized spacial score (nSPS) is 16.8. The van der Waals surface area contributed by atoms with Crippen LogP contribution >= 0.6 is 0 Å². The number of benzene rings is 1. The molecule has 130 valence electrons. The van der Waals surface area contributed by atoms with Crippen LogP contribution in [0.4, 0.5) is 0 Å². The Labute approximate surface area is 146 Å². The first-order valence-electron chi connectivity index (χ1n) is 8.77. The maximum atomic E-state index is 12.5. The first-order chi connectivity index (χ1) is 12.1. The lowest BCUT2D eigenvalue weighted by Gasteiger charge is -2.23. The third-order valence-corrected chi connectivity index (χ3v) is 5.09. The summed E-state index contributed by atoms with van der Waals surface area (Å²) in [6.07, 6.45) is 2.30. The largest absolute Gasteiger partial charge is 0.361 e. The van der Waals surface area contributed by atoms with Gasteiger partial charge < -0.3 is 14.4 Å². The minimum Gasteiger partial charge on any atom is -0.361 e. The molecule has 2 aromatic heterocycles. The van der Waals surface area contributed by atoms with Gasteiger partial charge in [-0.25, -0.2) is 4.98 Å². The van der Waals surface area contributed by atoms with Crippen LogP contribution in [0.1, 0.15) is 29.3 Å². The first-order valence-corrected chi connectivity index (χ1v) is 8.77. The van der Waals surface area contributed by atoms with E-state index in [2.05, 4.69) is 21.1 Å². The standard InChI is InChI=1S/C19H22N4O2/c1-12-15(13(2)25-22-12)7-9-20-19(24)14-8-10-23-17-6-4-3-5-16(17)21-18(23)11-14/h3-6,14H,7-11H2,1-2H3,(H,20,24). The van der Waals surface area contributed by atoms with Crippen molar-refractivity contribution in [2.24, 2.45) is 5.92 Å². The summed E-state index contributed by atoms with van der Waals surface area (Å²) in [5, 5.41) is 7.02. The number of hydrogen-bond acceptors (Lipinski definition) is 4. The zero-order valence-electron chi connectivity index (χ0n) is 14.6. The Kier molecular flexibility index (Phi) is 4.03. The van der Waals surface area contributed by atoms with Gasteiger partial charge in [0.05, 0.1) is 16.7 Å². The molecule has 6 nitrogen and oxygen atoms in total. The molecule has 1 N–H and O–H groups in total. The van der Waals surface area contributed by atoms with Gasteiger partial charge in [0.2, 0.25) is 5.91 Å². The molecule has 0 radical (unpaired) electrons. The molecule has 0 spiro atoms. The average molecular weight is 338 g/mol.